The van der Waals surface area contributed by atoms with Crippen LogP contribution < -0.4 is 11.5 Å². The van der Waals surface area contributed by atoms with Crippen LogP contribution in [0.25, 0.3) is 0 Å². The second kappa shape index (κ2) is 5.35. The third-order valence-electron chi connectivity index (χ3n) is 2.99. The van der Waals surface area contributed by atoms with Gasteiger partial charge in [-0.15, -0.1) is 0 Å². The van der Waals surface area contributed by atoms with Crippen LogP contribution in [-0.2, 0) is 19.6 Å². The summed E-state index contributed by atoms with van der Waals surface area (Å²) in [4.78, 5) is 11.0. The molecule has 9 heteroatoms. The largest absolute Gasteiger partial charge is 0.396 e. The van der Waals surface area contributed by atoms with E-state index in [1.165, 1.54) is 6.07 Å². The van der Waals surface area contributed by atoms with Crippen molar-refractivity contribution < 1.29 is 22.3 Å². The molecule has 7 nitrogen and oxygen atoms in total. The minimum atomic E-state index is -4.04. The lowest BCUT2D eigenvalue weighted by molar-refractivity contribution is -0.125. The van der Waals surface area contributed by atoms with E-state index in [0.717, 1.165) is 16.4 Å². The van der Waals surface area contributed by atoms with Crippen LogP contribution in [-0.4, -0.2) is 44.4 Å². The van der Waals surface area contributed by atoms with Crippen LogP contribution >= 0.6 is 0 Å². The topological polar surface area (TPSA) is 116 Å². The molecular weight excluding hydrogens is 289 g/mol. The molecule has 1 unspecified atom stereocenters. The molecule has 0 radical (unpaired) electrons. The van der Waals surface area contributed by atoms with Crippen LogP contribution in [0, 0.1) is 5.82 Å². The van der Waals surface area contributed by atoms with Gasteiger partial charge in [0.25, 0.3) is 0 Å². The lowest BCUT2D eigenvalue weighted by atomic mass is 10.3. The fourth-order valence-electron chi connectivity index (χ4n) is 1.90. The number of ether oxygens (including phenoxy) is 1. The number of amides is 1. The molecule has 1 atom stereocenters. The molecule has 110 valence electrons. The molecule has 1 saturated heterocycles. The van der Waals surface area contributed by atoms with Gasteiger partial charge in [-0.1, -0.05) is 0 Å². The molecule has 0 bridgehead atoms. The van der Waals surface area contributed by atoms with Crippen molar-refractivity contribution in [1.82, 2.24) is 4.31 Å². The van der Waals surface area contributed by atoms with Crippen molar-refractivity contribution in [3.63, 3.8) is 0 Å². The molecule has 1 aliphatic heterocycles. The van der Waals surface area contributed by atoms with Gasteiger partial charge in [0.2, 0.25) is 15.9 Å². The van der Waals surface area contributed by atoms with E-state index in [9.17, 15) is 17.6 Å². The summed E-state index contributed by atoms with van der Waals surface area (Å²) in [5.74, 6) is -1.65. The number of morpholine rings is 1. The Morgan fingerprint density at radius 1 is 1.45 bits per heavy atom. The normalized spacial score (nSPS) is 20.8. The van der Waals surface area contributed by atoms with Crippen molar-refractivity contribution in [2.45, 2.75) is 10.9 Å². The Morgan fingerprint density at radius 3 is 2.75 bits per heavy atom. The summed E-state index contributed by atoms with van der Waals surface area (Å²) in [5, 5.41) is 0. The van der Waals surface area contributed by atoms with Crippen LogP contribution in [0.3, 0.4) is 0 Å². The standard InChI is InChI=1S/C11H14FN3O4S/c12-8-5-7(1-2-9(8)13)20(17,18)15-3-4-19-6-10(15)11(14)16/h1-2,5,10H,3-4,6,13H2,(H2,14,16). The van der Waals surface area contributed by atoms with Gasteiger partial charge >= 0.3 is 0 Å². The molecule has 0 aromatic heterocycles. The van der Waals surface area contributed by atoms with E-state index in [0.29, 0.717) is 0 Å². The molecule has 4 N–H and O–H groups in total. The number of carbonyl (C=O) groups excluding carboxylic acids is 1. The summed E-state index contributed by atoms with van der Waals surface area (Å²) >= 11 is 0. The zero-order chi connectivity index (χ0) is 14.9. The number of halogens is 1. The van der Waals surface area contributed by atoms with Gasteiger partial charge in [-0.2, -0.15) is 4.31 Å². The van der Waals surface area contributed by atoms with E-state index in [1.807, 2.05) is 0 Å². The van der Waals surface area contributed by atoms with Crippen LogP contribution in [0.15, 0.2) is 23.1 Å². The van der Waals surface area contributed by atoms with Crippen LogP contribution in [0.5, 0.6) is 0 Å². The minimum absolute atomic E-state index is 0.0259. The predicted octanol–water partition coefficient (Wildman–Crippen LogP) is -0.717. The lowest BCUT2D eigenvalue weighted by Crippen LogP contribution is -2.54. The monoisotopic (exact) mass is 303 g/mol. The van der Waals surface area contributed by atoms with Crippen LogP contribution in [0.1, 0.15) is 0 Å². The van der Waals surface area contributed by atoms with Gasteiger partial charge in [-0.25, -0.2) is 12.8 Å². The quantitative estimate of drug-likeness (QED) is 0.715. The first-order valence-electron chi connectivity index (χ1n) is 5.78. The third kappa shape index (κ3) is 2.60. The molecule has 1 aromatic carbocycles. The number of anilines is 1. The summed E-state index contributed by atoms with van der Waals surface area (Å²) in [5.41, 5.74) is 10.3. The number of nitrogen functional groups attached to an aromatic ring is 1. The Bertz CT molecular complexity index is 635. The Morgan fingerprint density at radius 2 is 2.15 bits per heavy atom. The van der Waals surface area contributed by atoms with Crippen molar-refractivity contribution in [3.05, 3.63) is 24.0 Å². The fourth-order valence-corrected chi connectivity index (χ4v) is 3.48. The summed E-state index contributed by atoms with van der Waals surface area (Å²) < 4.78 is 44.2. The van der Waals surface area contributed by atoms with Crippen molar-refractivity contribution >= 4 is 21.6 Å². The van der Waals surface area contributed by atoms with Crippen LogP contribution in [0.4, 0.5) is 10.1 Å². The molecule has 0 spiro atoms. The van der Waals surface area contributed by atoms with Crippen molar-refractivity contribution in [1.29, 1.82) is 0 Å². The van der Waals surface area contributed by atoms with Crippen molar-refractivity contribution in [2.75, 3.05) is 25.5 Å². The van der Waals surface area contributed by atoms with Gasteiger partial charge in [0.05, 0.1) is 23.8 Å². The molecule has 0 aliphatic carbocycles. The van der Waals surface area contributed by atoms with E-state index in [4.69, 9.17) is 16.2 Å². The van der Waals surface area contributed by atoms with E-state index in [-0.39, 0.29) is 30.3 Å². The minimum Gasteiger partial charge on any atom is -0.396 e. The van der Waals surface area contributed by atoms with Gasteiger partial charge in [0, 0.05) is 6.54 Å². The Labute approximate surface area is 115 Å². The lowest BCUT2D eigenvalue weighted by Gasteiger charge is -2.32. The van der Waals surface area contributed by atoms with E-state index in [1.54, 1.807) is 0 Å². The number of rotatable bonds is 3. The van der Waals surface area contributed by atoms with Crippen LogP contribution in [0.2, 0.25) is 0 Å². The summed E-state index contributed by atoms with van der Waals surface area (Å²) in [6.45, 7) is -0.00554. The maximum absolute atomic E-state index is 13.4. The first-order chi connectivity index (χ1) is 9.34. The number of sulfonamides is 1. The number of hydrogen-bond acceptors (Lipinski definition) is 5. The highest BCUT2D eigenvalue weighted by molar-refractivity contribution is 7.89. The average molecular weight is 303 g/mol. The van der Waals surface area contributed by atoms with Crippen molar-refractivity contribution in [3.8, 4) is 0 Å². The van der Waals surface area contributed by atoms with Gasteiger partial charge in [-0.05, 0) is 18.2 Å². The number of nitrogens with zero attached hydrogens (tertiary/aromatic N) is 1. The Balaban J connectivity index is 2.42. The SMILES string of the molecule is NC(=O)C1COCCN1S(=O)(=O)c1ccc(N)c(F)c1. The zero-order valence-electron chi connectivity index (χ0n) is 10.5. The Hall–Kier alpha value is -1.71. The molecule has 1 aromatic rings. The number of nitrogens with two attached hydrogens (primary N) is 2. The highest BCUT2D eigenvalue weighted by atomic mass is 32.2. The number of hydrogen-bond donors (Lipinski definition) is 2. The molecule has 0 saturated carbocycles. The molecular formula is C11H14FN3O4S. The molecule has 1 heterocycles. The molecule has 1 aliphatic rings. The van der Waals surface area contributed by atoms with Gasteiger partial charge < -0.3 is 16.2 Å². The Kier molecular flexibility index (Phi) is 3.93. The van der Waals surface area contributed by atoms with Gasteiger partial charge in [0.15, 0.2) is 0 Å². The van der Waals surface area contributed by atoms with E-state index in [2.05, 4.69) is 0 Å². The molecule has 20 heavy (non-hydrogen) atoms. The first-order valence-corrected chi connectivity index (χ1v) is 7.22. The zero-order valence-corrected chi connectivity index (χ0v) is 11.3. The number of primary amides is 1. The summed E-state index contributed by atoms with van der Waals surface area (Å²) in [6, 6.07) is 2.05. The molecule has 1 amide bonds. The smallest absolute Gasteiger partial charge is 0.244 e. The average Bonchev–Trinajstić information content (AvgIpc) is 2.41. The van der Waals surface area contributed by atoms with Gasteiger partial charge in [0.1, 0.15) is 11.9 Å². The predicted molar refractivity (Wildman–Crippen MR) is 68.5 cm³/mol. The van der Waals surface area contributed by atoms with E-state index < -0.39 is 27.8 Å². The summed E-state index contributed by atoms with van der Waals surface area (Å²) in [6.07, 6.45) is 0. The summed E-state index contributed by atoms with van der Waals surface area (Å²) in [7, 11) is -4.04. The first kappa shape index (κ1) is 14.7. The van der Waals surface area contributed by atoms with Crippen molar-refractivity contribution in [2.24, 2.45) is 5.73 Å². The molecule has 2 rings (SSSR count). The number of carbonyl (C=O) groups is 1. The maximum Gasteiger partial charge on any atom is 0.244 e. The van der Waals surface area contributed by atoms with Gasteiger partial charge in [-0.3, -0.25) is 4.79 Å². The second-order valence-electron chi connectivity index (χ2n) is 4.29. The highest BCUT2D eigenvalue weighted by Crippen LogP contribution is 2.23. The highest BCUT2D eigenvalue weighted by Gasteiger charge is 2.37. The molecule has 1 fully saturated rings. The maximum atomic E-state index is 13.4. The van der Waals surface area contributed by atoms with E-state index >= 15 is 0 Å². The third-order valence-corrected chi connectivity index (χ3v) is 4.89. The second-order valence-corrected chi connectivity index (χ2v) is 6.18. The fraction of sp³-hybridized carbons (Fsp3) is 0.364. The number of benzene rings is 1.